The molecule has 2 aliphatic rings. The van der Waals surface area contributed by atoms with Crippen LogP contribution in [-0.2, 0) is 14.3 Å². The van der Waals surface area contributed by atoms with Crippen LogP contribution in [0.2, 0.25) is 0 Å². The van der Waals surface area contributed by atoms with Crippen molar-refractivity contribution in [2.75, 3.05) is 26.0 Å². The molecular weight excluding hydrogens is 442 g/mol. The predicted octanol–water partition coefficient (Wildman–Crippen LogP) is 2.48. The van der Waals surface area contributed by atoms with Gasteiger partial charge in [-0.2, -0.15) is 11.8 Å². The Morgan fingerprint density at radius 1 is 1.21 bits per heavy atom. The minimum Gasteiger partial charge on any atom is -0.453 e. The third-order valence-corrected chi connectivity index (χ3v) is 8.35. The Balaban J connectivity index is 2.01. The summed E-state index contributed by atoms with van der Waals surface area (Å²) in [4.78, 5) is 40.2. The molecule has 0 aromatic heterocycles. The summed E-state index contributed by atoms with van der Waals surface area (Å²) < 4.78 is 4.21. The van der Waals surface area contributed by atoms with Crippen molar-refractivity contribution >= 4 is 35.5 Å². The summed E-state index contributed by atoms with van der Waals surface area (Å²) in [5, 5.41) is 13.4. The lowest BCUT2D eigenvalue weighted by molar-refractivity contribution is -0.140. The van der Waals surface area contributed by atoms with Crippen LogP contribution in [0.15, 0.2) is 0 Å². The van der Waals surface area contributed by atoms with Gasteiger partial charge in [-0.05, 0) is 70.5 Å². The highest BCUT2D eigenvalue weighted by Crippen LogP contribution is 2.32. The molecule has 2 fully saturated rings. The zero-order valence-electron chi connectivity index (χ0n) is 20.4. The van der Waals surface area contributed by atoms with E-state index in [0.717, 1.165) is 44.3 Å². The highest BCUT2D eigenvalue weighted by Gasteiger charge is 2.44. The third kappa shape index (κ3) is 7.52. The van der Waals surface area contributed by atoms with Crippen molar-refractivity contribution in [3.8, 4) is 0 Å². The predicted molar refractivity (Wildman–Crippen MR) is 131 cm³/mol. The first kappa shape index (κ1) is 27.3. The number of nitrogens with zero attached hydrogens (tertiary/aromatic N) is 1. The number of carbonyl (C=O) groups is 3. The molecular formula is C23H41N5O4S. The van der Waals surface area contributed by atoms with E-state index in [4.69, 9.17) is 15.9 Å². The van der Waals surface area contributed by atoms with Crippen molar-refractivity contribution in [1.29, 1.82) is 5.41 Å². The highest BCUT2D eigenvalue weighted by atomic mass is 32.2. The number of nitrogens with one attached hydrogen (secondary N) is 3. The molecule has 0 spiro atoms. The molecule has 3 amide bonds. The van der Waals surface area contributed by atoms with Gasteiger partial charge in [-0.1, -0.05) is 6.92 Å². The molecule has 0 aromatic rings. The molecule has 188 valence electrons. The lowest BCUT2D eigenvalue weighted by Gasteiger charge is -2.37. The van der Waals surface area contributed by atoms with E-state index in [1.807, 2.05) is 13.8 Å². The van der Waals surface area contributed by atoms with Crippen molar-refractivity contribution in [2.24, 2.45) is 17.6 Å². The summed E-state index contributed by atoms with van der Waals surface area (Å²) in [6, 6.07) is -1.32. The van der Waals surface area contributed by atoms with Gasteiger partial charge in [-0.25, -0.2) is 4.79 Å². The van der Waals surface area contributed by atoms with Gasteiger partial charge in [0.05, 0.1) is 12.9 Å². The molecule has 1 heterocycles. The second-order valence-corrected chi connectivity index (χ2v) is 11.4. The van der Waals surface area contributed by atoms with Crippen LogP contribution in [0, 0.1) is 17.2 Å². The Hall–Kier alpha value is -1.97. The molecule has 0 unspecified atom stereocenters. The Morgan fingerprint density at radius 2 is 1.88 bits per heavy atom. The molecule has 1 saturated carbocycles. The summed E-state index contributed by atoms with van der Waals surface area (Å²) in [6.07, 6.45) is 5.31. The number of amidine groups is 1. The maximum atomic E-state index is 13.6. The first-order valence-electron chi connectivity index (χ1n) is 12.0. The number of ether oxygens (including phenoxy) is 1. The first-order valence-corrected chi connectivity index (χ1v) is 13.0. The third-order valence-electron chi connectivity index (χ3n) is 6.76. The van der Waals surface area contributed by atoms with Crippen LogP contribution in [0.4, 0.5) is 4.79 Å². The molecule has 33 heavy (non-hydrogen) atoms. The smallest absolute Gasteiger partial charge is 0.407 e. The number of alkyl carbamates (subject to hydrolysis) is 1. The lowest BCUT2D eigenvalue weighted by atomic mass is 9.81. The number of hydrogen-bond donors (Lipinski definition) is 4. The largest absolute Gasteiger partial charge is 0.453 e. The van der Waals surface area contributed by atoms with Crippen LogP contribution in [0.1, 0.15) is 65.7 Å². The van der Waals surface area contributed by atoms with Gasteiger partial charge >= 0.3 is 6.09 Å². The summed E-state index contributed by atoms with van der Waals surface area (Å²) in [5.74, 6) is 1.27. The van der Waals surface area contributed by atoms with Gasteiger partial charge in [-0.15, -0.1) is 0 Å². The van der Waals surface area contributed by atoms with E-state index in [9.17, 15) is 14.4 Å². The zero-order valence-corrected chi connectivity index (χ0v) is 21.3. The number of methoxy groups -OCH3 is 1. The highest BCUT2D eigenvalue weighted by molar-refractivity contribution is 8.00. The zero-order chi connectivity index (χ0) is 24.6. The second-order valence-electron chi connectivity index (χ2n) is 9.63. The molecule has 0 bridgehead atoms. The molecule has 1 aliphatic carbocycles. The quantitative estimate of drug-likeness (QED) is 0.278. The molecule has 1 aliphatic heterocycles. The molecule has 9 nitrogen and oxygen atoms in total. The number of rotatable bonds is 10. The average molecular weight is 484 g/mol. The van der Waals surface area contributed by atoms with E-state index in [2.05, 4.69) is 17.6 Å². The van der Waals surface area contributed by atoms with Gasteiger partial charge in [0.2, 0.25) is 11.8 Å². The van der Waals surface area contributed by atoms with Crippen molar-refractivity contribution < 1.29 is 19.1 Å². The maximum absolute atomic E-state index is 13.6. The Kier molecular flexibility index (Phi) is 10.3. The van der Waals surface area contributed by atoms with Gasteiger partial charge in [0.25, 0.3) is 0 Å². The first-order chi connectivity index (χ1) is 15.6. The van der Waals surface area contributed by atoms with Crippen LogP contribution >= 0.6 is 11.8 Å². The van der Waals surface area contributed by atoms with Gasteiger partial charge in [0.1, 0.15) is 12.1 Å². The molecule has 1 saturated heterocycles. The SMILES string of the molecule is CCCSC(C)(C)[C@@H](NC(=O)OC)C(=O)N1CCC[C@H]1C(=O)NC[C@H]1CC[C@H](C(=N)N)CC1. The van der Waals surface area contributed by atoms with Crippen LogP contribution in [0.25, 0.3) is 0 Å². The fourth-order valence-electron chi connectivity index (χ4n) is 4.67. The Morgan fingerprint density at radius 3 is 2.45 bits per heavy atom. The molecule has 5 N–H and O–H groups in total. The minimum absolute atomic E-state index is 0.134. The van der Waals surface area contributed by atoms with Gasteiger partial charge in [-0.3, -0.25) is 15.0 Å². The number of likely N-dealkylation sites (tertiary alicyclic amines) is 1. The summed E-state index contributed by atoms with van der Waals surface area (Å²) >= 11 is 1.62. The molecule has 0 aromatic carbocycles. The maximum Gasteiger partial charge on any atom is 0.407 e. The van der Waals surface area contributed by atoms with E-state index in [1.165, 1.54) is 7.11 Å². The average Bonchev–Trinajstić information content (AvgIpc) is 3.29. The van der Waals surface area contributed by atoms with Gasteiger partial charge in [0.15, 0.2) is 0 Å². The second kappa shape index (κ2) is 12.5. The number of thioether (sulfide) groups is 1. The van der Waals surface area contributed by atoms with Crippen LogP contribution in [0.5, 0.6) is 0 Å². The Bertz CT molecular complexity index is 709. The summed E-state index contributed by atoms with van der Waals surface area (Å²) in [7, 11) is 1.28. The van der Waals surface area contributed by atoms with E-state index >= 15 is 0 Å². The number of nitrogens with two attached hydrogens (primary N) is 1. The molecule has 2 rings (SSSR count). The summed E-state index contributed by atoms with van der Waals surface area (Å²) in [6.45, 7) is 7.02. The Labute approximate surface area is 201 Å². The minimum atomic E-state index is -0.795. The van der Waals surface area contributed by atoms with Gasteiger partial charge in [0, 0.05) is 23.8 Å². The van der Waals surface area contributed by atoms with Crippen LogP contribution < -0.4 is 16.4 Å². The van der Waals surface area contributed by atoms with Crippen LogP contribution in [0.3, 0.4) is 0 Å². The van der Waals surface area contributed by atoms with E-state index in [0.29, 0.717) is 25.4 Å². The number of carbonyl (C=O) groups excluding carboxylic acids is 3. The normalized spacial score (nSPS) is 24.1. The molecule has 2 atom stereocenters. The fraction of sp³-hybridized carbons (Fsp3) is 0.826. The van der Waals surface area contributed by atoms with Crippen molar-refractivity contribution in [3.05, 3.63) is 0 Å². The van der Waals surface area contributed by atoms with E-state index in [1.54, 1.807) is 16.7 Å². The lowest BCUT2D eigenvalue weighted by Crippen LogP contribution is -2.59. The summed E-state index contributed by atoms with van der Waals surface area (Å²) in [5.41, 5.74) is 5.62. The molecule has 0 radical (unpaired) electrons. The standard InChI is InChI=1S/C23H41N5O4S/c1-5-13-33-23(2,3)18(27-22(31)32-4)21(30)28-12-6-7-17(28)20(29)26-14-15-8-10-16(11-9-15)19(24)25/h15-18H,5-14H2,1-4H3,(H3,24,25)(H,26,29)(H,27,31)/t15-,16-,17-,18-/m0/s1. The van der Waals surface area contributed by atoms with Crippen molar-refractivity contribution in [1.82, 2.24) is 15.5 Å². The number of amides is 3. The van der Waals surface area contributed by atoms with E-state index < -0.39 is 22.9 Å². The topological polar surface area (TPSA) is 138 Å². The van der Waals surface area contributed by atoms with Gasteiger partial charge < -0.3 is 26.0 Å². The van der Waals surface area contributed by atoms with Crippen LogP contribution in [-0.4, -0.2) is 71.4 Å². The van der Waals surface area contributed by atoms with E-state index in [-0.39, 0.29) is 23.6 Å². The number of hydrogen-bond acceptors (Lipinski definition) is 6. The molecule has 10 heteroatoms. The monoisotopic (exact) mass is 483 g/mol. The van der Waals surface area contributed by atoms with Crippen molar-refractivity contribution in [2.45, 2.75) is 82.5 Å². The van der Waals surface area contributed by atoms with Crippen molar-refractivity contribution in [3.63, 3.8) is 0 Å². The fourth-order valence-corrected chi connectivity index (χ4v) is 5.72.